The van der Waals surface area contributed by atoms with E-state index in [1.54, 1.807) is 0 Å². The summed E-state index contributed by atoms with van der Waals surface area (Å²) in [6.07, 6.45) is 7.63. The normalized spacial score (nSPS) is 38.2. The molecule has 1 amide bonds. The first-order valence-electron chi connectivity index (χ1n) is 7.26. The van der Waals surface area contributed by atoms with E-state index < -0.39 is 0 Å². The molecular formula is C14H17Br2N3O. The Hall–Kier alpha value is -0.360. The highest BCUT2D eigenvalue weighted by atomic mass is 79.9. The van der Waals surface area contributed by atoms with Gasteiger partial charge in [0, 0.05) is 5.54 Å². The Labute approximate surface area is 134 Å². The van der Waals surface area contributed by atoms with Gasteiger partial charge in [-0.3, -0.25) is 9.89 Å². The summed E-state index contributed by atoms with van der Waals surface area (Å²) in [6, 6.07) is 0. The van der Waals surface area contributed by atoms with Crippen molar-refractivity contribution in [1.82, 2.24) is 15.5 Å². The van der Waals surface area contributed by atoms with Gasteiger partial charge in [0.1, 0.15) is 4.60 Å². The van der Waals surface area contributed by atoms with Gasteiger partial charge in [-0.2, -0.15) is 5.10 Å². The second-order valence-electron chi connectivity index (χ2n) is 6.85. The molecule has 2 N–H and O–H groups in total. The van der Waals surface area contributed by atoms with Crippen molar-refractivity contribution in [2.24, 2.45) is 17.8 Å². The lowest BCUT2D eigenvalue weighted by Crippen LogP contribution is -2.59. The molecule has 4 saturated carbocycles. The standard InChI is InChI=1S/C14H17Br2N3O/c15-10-11(18-19-12(10)16)13(20)17-14-4-7-1-8(5-14)3-9(2-7)6-14/h7-9H,1-6H2,(H,17,20)(H,18,19). The first-order valence-corrected chi connectivity index (χ1v) is 8.85. The van der Waals surface area contributed by atoms with Crippen LogP contribution in [0.25, 0.3) is 0 Å². The van der Waals surface area contributed by atoms with Crippen LogP contribution in [0.5, 0.6) is 0 Å². The van der Waals surface area contributed by atoms with E-state index in [9.17, 15) is 4.79 Å². The van der Waals surface area contributed by atoms with Crippen molar-refractivity contribution in [3.63, 3.8) is 0 Å². The van der Waals surface area contributed by atoms with Crippen LogP contribution < -0.4 is 5.32 Å². The Morgan fingerprint density at radius 1 is 1.15 bits per heavy atom. The zero-order valence-corrected chi connectivity index (χ0v) is 14.3. The first kappa shape index (κ1) is 13.3. The Kier molecular flexibility index (Phi) is 3.04. The number of H-pyrrole nitrogens is 1. The van der Waals surface area contributed by atoms with Crippen molar-refractivity contribution in [3.8, 4) is 0 Å². The second kappa shape index (κ2) is 4.57. The highest BCUT2D eigenvalue weighted by molar-refractivity contribution is 9.13. The largest absolute Gasteiger partial charge is 0.345 e. The fourth-order valence-electron chi connectivity index (χ4n) is 5.02. The van der Waals surface area contributed by atoms with E-state index in [1.807, 2.05) is 0 Å². The highest BCUT2D eigenvalue weighted by Crippen LogP contribution is 2.55. The van der Waals surface area contributed by atoms with Gasteiger partial charge in [-0.1, -0.05) is 0 Å². The molecule has 0 aliphatic heterocycles. The molecule has 0 radical (unpaired) electrons. The molecule has 1 aromatic heterocycles. The summed E-state index contributed by atoms with van der Waals surface area (Å²) in [4.78, 5) is 12.5. The molecule has 108 valence electrons. The molecule has 0 unspecified atom stereocenters. The van der Waals surface area contributed by atoms with Gasteiger partial charge in [-0.15, -0.1) is 0 Å². The van der Waals surface area contributed by atoms with Crippen LogP contribution >= 0.6 is 31.9 Å². The topological polar surface area (TPSA) is 57.8 Å². The predicted octanol–water partition coefficient (Wildman–Crippen LogP) is 3.63. The number of amides is 1. The monoisotopic (exact) mass is 401 g/mol. The lowest BCUT2D eigenvalue weighted by Gasteiger charge is -2.56. The zero-order chi connectivity index (χ0) is 13.9. The van der Waals surface area contributed by atoms with Crippen LogP contribution in [-0.4, -0.2) is 21.6 Å². The van der Waals surface area contributed by atoms with Gasteiger partial charge < -0.3 is 5.32 Å². The fraction of sp³-hybridized carbons (Fsp3) is 0.714. The third kappa shape index (κ3) is 2.06. The average Bonchev–Trinajstić information content (AvgIpc) is 2.67. The predicted molar refractivity (Wildman–Crippen MR) is 82.4 cm³/mol. The van der Waals surface area contributed by atoms with Gasteiger partial charge in [-0.05, 0) is 88.1 Å². The van der Waals surface area contributed by atoms with Crippen molar-refractivity contribution in [2.75, 3.05) is 0 Å². The lowest BCUT2D eigenvalue weighted by atomic mass is 9.53. The van der Waals surface area contributed by atoms with Crippen molar-refractivity contribution < 1.29 is 4.79 Å². The lowest BCUT2D eigenvalue weighted by molar-refractivity contribution is -0.0168. The minimum atomic E-state index is -0.0548. The maximum absolute atomic E-state index is 12.5. The molecule has 0 saturated heterocycles. The van der Waals surface area contributed by atoms with E-state index in [2.05, 4.69) is 47.4 Å². The molecule has 4 nitrogen and oxygen atoms in total. The Morgan fingerprint density at radius 2 is 1.70 bits per heavy atom. The molecule has 0 spiro atoms. The van der Waals surface area contributed by atoms with Crippen LogP contribution in [0.3, 0.4) is 0 Å². The molecule has 6 heteroatoms. The average molecular weight is 403 g/mol. The van der Waals surface area contributed by atoms with Crippen LogP contribution in [0.4, 0.5) is 0 Å². The van der Waals surface area contributed by atoms with Gasteiger partial charge >= 0.3 is 0 Å². The van der Waals surface area contributed by atoms with Crippen molar-refractivity contribution >= 4 is 37.8 Å². The second-order valence-corrected chi connectivity index (χ2v) is 8.44. The van der Waals surface area contributed by atoms with E-state index >= 15 is 0 Å². The van der Waals surface area contributed by atoms with Gasteiger partial charge in [0.15, 0.2) is 5.69 Å². The summed E-state index contributed by atoms with van der Waals surface area (Å²) in [6.45, 7) is 0. The number of rotatable bonds is 2. The van der Waals surface area contributed by atoms with E-state index in [-0.39, 0.29) is 11.4 Å². The summed E-state index contributed by atoms with van der Waals surface area (Å²) in [7, 11) is 0. The molecule has 4 bridgehead atoms. The molecule has 0 aromatic carbocycles. The number of carbonyl (C=O) groups is 1. The molecule has 1 heterocycles. The summed E-state index contributed by atoms with van der Waals surface area (Å²) in [5.41, 5.74) is 0.490. The number of hydrogen-bond acceptors (Lipinski definition) is 2. The molecule has 1 aromatic rings. The van der Waals surface area contributed by atoms with Gasteiger partial charge in [0.2, 0.25) is 0 Å². The molecule has 4 aliphatic carbocycles. The number of carbonyl (C=O) groups excluding carboxylic acids is 1. The quantitative estimate of drug-likeness (QED) is 0.793. The highest BCUT2D eigenvalue weighted by Gasteiger charge is 2.51. The SMILES string of the molecule is O=C(NC12CC3CC(CC(C3)C1)C2)c1n[nH]c(Br)c1Br. The molecular weight excluding hydrogens is 386 g/mol. The zero-order valence-electron chi connectivity index (χ0n) is 11.1. The summed E-state index contributed by atoms with van der Waals surface area (Å²) < 4.78 is 1.42. The van der Waals surface area contributed by atoms with E-state index in [4.69, 9.17) is 0 Å². The van der Waals surface area contributed by atoms with Crippen molar-refractivity contribution in [3.05, 3.63) is 14.8 Å². The smallest absolute Gasteiger partial charge is 0.273 e. The van der Waals surface area contributed by atoms with Gasteiger partial charge in [-0.25, -0.2) is 0 Å². The Morgan fingerprint density at radius 3 is 2.15 bits per heavy atom. The third-order valence-corrected chi connectivity index (χ3v) is 7.18. The number of aromatic nitrogens is 2. The van der Waals surface area contributed by atoms with Gasteiger partial charge in [0.25, 0.3) is 5.91 Å². The minimum absolute atomic E-state index is 0.0384. The fourth-order valence-corrected chi connectivity index (χ4v) is 5.66. The van der Waals surface area contributed by atoms with E-state index in [0.717, 1.165) is 37.0 Å². The molecule has 5 rings (SSSR count). The summed E-state index contributed by atoms with van der Waals surface area (Å²) in [5.74, 6) is 2.43. The number of nitrogens with one attached hydrogen (secondary N) is 2. The van der Waals surface area contributed by atoms with Crippen LogP contribution in [0, 0.1) is 17.8 Å². The van der Waals surface area contributed by atoms with Crippen molar-refractivity contribution in [2.45, 2.75) is 44.1 Å². The number of hydrogen-bond donors (Lipinski definition) is 2. The summed E-state index contributed by atoms with van der Waals surface area (Å²) in [5, 5.41) is 10.2. The van der Waals surface area contributed by atoms with E-state index in [0.29, 0.717) is 14.8 Å². The van der Waals surface area contributed by atoms with Crippen LogP contribution in [-0.2, 0) is 0 Å². The van der Waals surface area contributed by atoms with E-state index in [1.165, 1.54) is 19.3 Å². The minimum Gasteiger partial charge on any atom is -0.345 e. The van der Waals surface area contributed by atoms with Crippen LogP contribution in [0.15, 0.2) is 9.08 Å². The number of aromatic amines is 1. The molecule has 4 fully saturated rings. The Bertz CT molecular complexity index is 533. The third-order valence-electron chi connectivity index (χ3n) is 5.30. The van der Waals surface area contributed by atoms with Crippen LogP contribution in [0.1, 0.15) is 49.0 Å². The number of halogens is 2. The van der Waals surface area contributed by atoms with Crippen LogP contribution in [0.2, 0.25) is 0 Å². The summed E-state index contributed by atoms with van der Waals surface area (Å²) >= 11 is 6.73. The number of nitrogens with zero attached hydrogens (tertiary/aromatic N) is 1. The maximum Gasteiger partial charge on any atom is 0.273 e. The molecule has 20 heavy (non-hydrogen) atoms. The Balaban J connectivity index is 1.57. The van der Waals surface area contributed by atoms with Gasteiger partial charge in [0.05, 0.1) is 4.47 Å². The molecule has 0 atom stereocenters. The first-order chi connectivity index (χ1) is 9.55. The maximum atomic E-state index is 12.5. The van der Waals surface area contributed by atoms with Crippen molar-refractivity contribution in [1.29, 1.82) is 0 Å². The molecule has 4 aliphatic rings.